The summed E-state index contributed by atoms with van der Waals surface area (Å²) in [5.41, 5.74) is 4.68. The van der Waals surface area contributed by atoms with Crippen LogP contribution in [0.4, 0.5) is 11.4 Å². The topological polar surface area (TPSA) is 64.3 Å². The third kappa shape index (κ3) is 4.29. The summed E-state index contributed by atoms with van der Waals surface area (Å²) in [5.74, 6) is -0.142. The number of aromatic nitrogens is 2. The Morgan fingerprint density at radius 2 is 1.68 bits per heavy atom. The number of para-hydroxylation sites is 1. The van der Waals surface area contributed by atoms with Crippen LogP contribution >= 0.6 is 0 Å². The third-order valence-electron chi connectivity index (χ3n) is 5.83. The SMILES string of the molecule is O=C(Nc1ccc(N2CCN(Cc3ccccc3)CC2)cc1)c1cccc2cn[nH]c12. The van der Waals surface area contributed by atoms with Crippen LogP contribution in [0.25, 0.3) is 10.9 Å². The fourth-order valence-electron chi connectivity index (χ4n) is 4.12. The van der Waals surface area contributed by atoms with Crippen LogP contribution in [0.15, 0.2) is 79.0 Å². The number of aromatic amines is 1. The highest BCUT2D eigenvalue weighted by Gasteiger charge is 2.17. The summed E-state index contributed by atoms with van der Waals surface area (Å²) in [7, 11) is 0. The van der Waals surface area contributed by atoms with Crippen LogP contribution in [0, 0.1) is 0 Å². The first kappa shape index (κ1) is 19.3. The zero-order valence-electron chi connectivity index (χ0n) is 17.3. The molecule has 4 aromatic rings. The Balaban J connectivity index is 1.19. The molecule has 0 radical (unpaired) electrons. The first-order valence-electron chi connectivity index (χ1n) is 10.6. The van der Waals surface area contributed by atoms with E-state index in [1.165, 1.54) is 11.3 Å². The Bertz CT molecular complexity index is 1160. The van der Waals surface area contributed by atoms with Crippen molar-refractivity contribution in [2.24, 2.45) is 0 Å². The number of hydrogen-bond acceptors (Lipinski definition) is 4. The van der Waals surface area contributed by atoms with E-state index >= 15 is 0 Å². The standard InChI is InChI=1S/C25H25N5O/c31-25(23-8-4-7-20-17-26-28-24(20)23)27-21-9-11-22(12-10-21)30-15-13-29(14-16-30)18-19-5-2-1-3-6-19/h1-12,17H,13-16,18H2,(H,26,28)(H,27,31). The van der Waals surface area contributed by atoms with Crippen LogP contribution in [0.2, 0.25) is 0 Å². The monoisotopic (exact) mass is 411 g/mol. The van der Waals surface area contributed by atoms with Crippen molar-refractivity contribution in [1.29, 1.82) is 0 Å². The molecule has 1 aliphatic rings. The van der Waals surface area contributed by atoms with Gasteiger partial charge in [0.15, 0.2) is 0 Å². The summed E-state index contributed by atoms with van der Waals surface area (Å²) < 4.78 is 0. The predicted octanol–water partition coefficient (Wildman–Crippen LogP) is 4.14. The molecule has 6 heteroatoms. The van der Waals surface area contributed by atoms with Gasteiger partial charge in [0.2, 0.25) is 0 Å². The average Bonchev–Trinajstić information content (AvgIpc) is 3.30. The van der Waals surface area contributed by atoms with Gasteiger partial charge in [0.05, 0.1) is 17.3 Å². The molecule has 156 valence electrons. The second-order valence-electron chi connectivity index (χ2n) is 7.89. The van der Waals surface area contributed by atoms with Crippen molar-refractivity contribution in [1.82, 2.24) is 15.1 Å². The van der Waals surface area contributed by atoms with Gasteiger partial charge in [0.25, 0.3) is 5.91 Å². The van der Waals surface area contributed by atoms with Crippen molar-refractivity contribution in [3.8, 4) is 0 Å². The first-order chi connectivity index (χ1) is 15.3. The van der Waals surface area contributed by atoms with E-state index in [-0.39, 0.29) is 5.91 Å². The molecule has 6 nitrogen and oxygen atoms in total. The molecule has 0 bridgehead atoms. The maximum atomic E-state index is 12.7. The van der Waals surface area contributed by atoms with E-state index in [0.29, 0.717) is 5.56 Å². The summed E-state index contributed by atoms with van der Waals surface area (Å²) in [6.45, 7) is 5.09. The highest BCUT2D eigenvalue weighted by molar-refractivity contribution is 6.11. The van der Waals surface area contributed by atoms with Gasteiger partial charge in [0, 0.05) is 49.5 Å². The second kappa shape index (κ2) is 8.62. The van der Waals surface area contributed by atoms with E-state index in [1.807, 2.05) is 24.3 Å². The van der Waals surface area contributed by atoms with Crippen molar-refractivity contribution >= 4 is 28.2 Å². The highest BCUT2D eigenvalue weighted by atomic mass is 16.1. The number of carbonyl (C=O) groups is 1. The molecule has 0 saturated carbocycles. The lowest BCUT2D eigenvalue weighted by molar-refractivity contribution is 0.102. The number of nitrogens with zero attached hydrogens (tertiary/aromatic N) is 3. The number of amides is 1. The third-order valence-corrected chi connectivity index (χ3v) is 5.83. The van der Waals surface area contributed by atoms with Crippen molar-refractivity contribution in [2.75, 3.05) is 36.4 Å². The summed E-state index contributed by atoms with van der Waals surface area (Å²) in [4.78, 5) is 17.6. The van der Waals surface area contributed by atoms with Gasteiger partial charge in [-0.1, -0.05) is 42.5 Å². The zero-order valence-corrected chi connectivity index (χ0v) is 17.3. The smallest absolute Gasteiger partial charge is 0.257 e. The van der Waals surface area contributed by atoms with Crippen LogP contribution in [-0.2, 0) is 6.54 Å². The Hall–Kier alpha value is -3.64. The second-order valence-corrected chi connectivity index (χ2v) is 7.89. The molecule has 5 rings (SSSR count). The largest absolute Gasteiger partial charge is 0.369 e. The van der Waals surface area contributed by atoms with E-state index in [4.69, 9.17) is 0 Å². The lowest BCUT2D eigenvalue weighted by atomic mass is 10.1. The number of anilines is 2. The number of rotatable bonds is 5. The van der Waals surface area contributed by atoms with Gasteiger partial charge in [-0.25, -0.2) is 0 Å². The van der Waals surface area contributed by atoms with Gasteiger partial charge in [-0.05, 0) is 35.9 Å². The minimum absolute atomic E-state index is 0.142. The van der Waals surface area contributed by atoms with Crippen LogP contribution in [-0.4, -0.2) is 47.2 Å². The van der Waals surface area contributed by atoms with Crippen LogP contribution in [0.5, 0.6) is 0 Å². The van der Waals surface area contributed by atoms with Crippen molar-refractivity contribution in [3.05, 3.63) is 90.1 Å². The van der Waals surface area contributed by atoms with Crippen molar-refractivity contribution in [3.63, 3.8) is 0 Å². The van der Waals surface area contributed by atoms with Crippen LogP contribution < -0.4 is 10.2 Å². The summed E-state index contributed by atoms with van der Waals surface area (Å²) >= 11 is 0. The number of piperazine rings is 1. The molecule has 1 aromatic heterocycles. The van der Waals surface area contributed by atoms with E-state index in [2.05, 4.69) is 67.8 Å². The summed E-state index contributed by atoms with van der Waals surface area (Å²) in [6.07, 6.45) is 1.72. The average molecular weight is 412 g/mol. The van der Waals surface area contributed by atoms with Gasteiger partial charge in [-0.15, -0.1) is 0 Å². The lowest BCUT2D eigenvalue weighted by Crippen LogP contribution is -2.45. The van der Waals surface area contributed by atoms with E-state index < -0.39 is 0 Å². The van der Waals surface area contributed by atoms with E-state index in [0.717, 1.165) is 49.3 Å². The predicted molar refractivity (Wildman–Crippen MR) is 124 cm³/mol. The molecule has 1 aliphatic heterocycles. The molecule has 3 aromatic carbocycles. The Morgan fingerprint density at radius 3 is 2.45 bits per heavy atom. The molecule has 0 spiro atoms. The van der Waals surface area contributed by atoms with Gasteiger partial charge < -0.3 is 10.2 Å². The number of nitrogens with one attached hydrogen (secondary N) is 2. The Labute approximate surface area is 181 Å². The normalized spacial score (nSPS) is 14.6. The summed E-state index contributed by atoms with van der Waals surface area (Å²) in [5, 5.41) is 10.9. The van der Waals surface area contributed by atoms with Crippen LogP contribution in [0.3, 0.4) is 0 Å². The summed E-state index contributed by atoms with van der Waals surface area (Å²) in [6, 6.07) is 24.3. The highest BCUT2D eigenvalue weighted by Crippen LogP contribution is 2.22. The zero-order chi connectivity index (χ0) is 21.0. The van der Waals surface area contributed by atoms with Crippen molar-refractivity contribution < 1.29 is 4.79 Å². The van der Waals surface area contributed by atoms with Crippen molar-refractivity contribution in [2.45, 2.75) is 6.54 Å². The fraction of sp³-hybridized carbons (Fsp3) is 0.200. The molecule has 0 aliphatic carbocycles. The number of fused-ring (bicyclic) bond motifs is 1. The Kier molecular flexibility index (Phi) is 5.37. The molecule has 1 fully saturated rings. The molecule has 1 amide bonds. The van der Waals surface area contributed by atoms with Gasteiger partial charge in [0.1, 0.15) is 0 Å². The molecule has 1 saturated heterocycles. The molecule has 0 atom stereocenters. The first-order valence-corrected chi connectivity index (χ1v) is 10.6. The fourth-order valence-corrected chi connectivity index (χ4v) is 4.12. The van der Waals surface area contributed by atoms with Gasteiger partial charge in [-0.2, -0.15) is 5.10 Å². The molecular formula is C25H25N5O. The Morgan fingerprint density at radius 1 is 0.903 bits per heavy atom. The van der Waals surface area contributed by atoms with Gasteiger partial charge in [-0.3, -0.25) is 14.8 Å². The maximum Gasteiger partial charge on any atom is 0.257 e. The van der Waals surface area contributed by atoms with Crippen LogP contribution in [0.1, 0.15) is 15.9 Å². The van der Waals surface area contributed by atoms with E-state index in [1.54, 1.807) is 12.3 Å². The maximum absolute atomic E-state index is 12.7. The number of hydrogen-bond donors (Lipinski definition) is 2. The van der Waals surface area contributed by atoms with E-state index in [9.17, 15) is 4.79 Å². The number of benzene rings is 3. The molecule has 31 heavy (non-hydrogen) atoms. The molecule has 2 heterocycles. The quantitative estimate of drug-likeness (QED) is 0.518. The molecule has 0 unspecified atom stereocenters. The lowest BCUT2D eigenvalue weighted by Gasteiger charge is -2.36. The number of H-pyrrole nitrogens is 1. The minimum Gasteiger partial charge on any atom is -0.369 e. The molecule has 2 N–H and O–H groups in total. The minimum atomic E-state index is -0.142. The molecular weight excluding hydrogens is 386 g/mol. The number of carbonyl (C=O) groups excluding carboxylic acids is 1. The van der Waals surface area contributed by atoms with Gasteiger partial charge >= 0.3 is 0 Å².